The molecule has 5 heteroatoms. The van der Waals surface area contributed by atoms with Crippen LogP contribution in [-0.2, 0) is 4.79 Å². The fraction of sp³-hybridized carbons (Fsp3) is 0.944. The van der Waals surface area contributed by atoms with E-state index in [4.69, 9.17) is 16.6 Å². The number of carboxylic acids is 1. The van der Waals surface area contributed by atoms with E-state index in [9.17, 15) is 4.79 Å². The van der Waals surface area contributed by atoms with Crippen LogP contribution in [0.3, 0.4) is 0 Å². The normalized spacial score (nSPS) is 21.3. The molecule has 5 nitrogen and oxygen atoms in total. The van der Waals surface area contributed by atoms with Crippen molar-refractivity contribution in [3.8, 4) is 0 Å². The van der Waals surface area contributed by atoms with Crippen LogP contribution in [0.25, 0.3) is 0 Å². The number of carboxylic acid groups (broad SMARTS) is 1. The molecule has 0 radical (unpaired) electrons. The number of hydrogen-bond donors (Lipinski definition) is 4. The van der Waals surface area contributed by atoms with Crippen molar-refractivity contribution in [2.45, 2.75) is 102 Å². The average Bonchev–Trinajstić information content (AvgIpc) is 2.57. The van der Waals surface area contributed by atoms with Crippen LogP contribution in [-0.4, -0.2) is 35.7 Å². The molecule has 2 fully saturated rings. The quantitative estimate of drug-likeness (QED) is 0.539. The Hall–Kier alpha value is -0.650. The van der Waals surface area contributed by atoms with Gasteiger partial charge in [0.25, 0.3) is 0 Å². The highest BCUT2D eigenvalue weighted by Gasteiger charge is 2.19. The van der Waals surface area contributed by atoms with E-state index in [1.54, 1.807) is 0 Å². The number of nitrogens with two attached hydrogens (primary N) is 2. The zero-order valence-electron chi connectivity index (χ0n) is 14.6. The number of aliphatic carboxylic acids is 1. The summed E-state index contributed by atoms with van der Waals surface area (Å²) in [7, 11) is 0. The Morgan fingerprint density at radius 1 is 0.957 bits per heavy atom. The Bertz CT molecular complexity index is 285. The monoisotopic (exact) mass is 327 g/mol. The van der Waals surface area contributed by atoms with Gasteiger partial charge in [0.15, 0.2) is 0 Å². The largest absolute Gasteiger partial charge is 0.480 e. The second-order valence-corrected chi connectivity index (χ2v) is 7.07. The van der Waals surface area contributed by atoms with E-state index in [2.05, 4.69) is 5.32 Å². The van der Waals surface area contributed by atoms with E-state index in [1.165, 1.54) is 64.2 Å². The molecule has 0 aromatic rings. The van der Waals surface area contributed by atoms with Crippen LogP contribution < -0.4 is 16.8 Å². The van der Waals surface area contributed by atoms with E-state index in [0.29, 0.717) is 13.0 Å². The van der Waals surface area contributed by atoms with Gasteiger partial charge in [-0.15, -0.1) is 0 Å². The molecule has 1 atom stereocenters. The minimum atomic E-state index is -0.933. The lowest BCUT2D eigenvalue weighted by Crippen LogP contribution is -2.40. The predicted octanol–water partition coefficient (Wildman–Crippen LogP) is 2.77. The summed E-state index contributed by atoms with van der Waals surface area (Å²) in [5.74, 6) is -0.933. The smallest absolute Gasteiger partial charge is 0.320 e. The molecular formula is C18H37N3O2. The van der Waals surface area contributed by atoms with Gasteiger partial charge in [-0.25, -0.2) is 0 Å². The molecule has 0 amide bonds. The summed E-state index contributed by atoms with van der Waals surface area (Å²) in [6, 6.07) is 1.03. The van der Waals surface area contributed by atoms with Crippen LogP contribution in [0.4, 0.5) is 0 Å². The first-order valence-electron chi connectivity index (χ1n) is 9.58. The fourth-order valence-corrected chi connectivity index (χ4v) is 3.50. The lowest BCUT2D eigenvalue weighted by atomic mass is 9.91. The Morgan fingerprint density at radius 2 is 1.43 bits per heavy atom. The van der Waals surface area contributed by atoms with E-state index < -0.39 is 12.0 Å². The molecule has 6 N–H and O–H groups in total. The lowest BCUT2D eigenvalue weighted by molar-refractivity contribution is -0.138. The molecule has 2 aliphatic rings. The number of nitrogens with one attached hydrogen (secondary N) is 1. The van der Waals surface area contributed by atoms with Crippen molar-refractivity contribution in [3.05, 3.63) is 0 Å². The van der Waals surface area contributed by atoms with Gasteiger partial charge in [0.05, 0.1) is 0 Å². The first-order chi connectivity index (χ1) is 11.1. The molecule has 0 aromatic carbocycles. The highest BCUT2D eigenvalue weighted by Crippen LogP contribution is 2.22. The van der Waals surface area contributed by atoms with Gasteiger partial charge in [0.2, 0.25) is 0 Å². The van der Waals surface area contributed by atoms with Crippen LogP contribution in [0.15, 0.2) is 0 Å². The lowest BCUT2D eigenvalue weighted by Gasteiger charge is -2.30. The highest BCUT2D eigenvalue weighted by atomic mass is 16.4. The van der Waals surface area contributed by atoms with Crippen LogP contribution in [0.5, 0.6) is 0 Å². The molecule has 0 spiro atoms. The molecule has 2 saturated carbocycles. The summed E-state index contributed by atoms with van der Waals surface area (Å²) in [6.45, 7) is 0.604. The third kappa shape index (κ3) is 9.95. The second kappa shape index (κ2) is 12.7. The first-order valence-corrected chi connectivity index (χ1v) is 9.58. The molecule has 0 unspecified atom stereocenters. The van der Waals surface area contributed by atoms with Gasteiger partial charge in [-0.1, -0.05) is 44.9 Å². The first kappa shape index (κ1) is 20.4. The molecule has 0 heterocycles. The van der Waals surface area contributed by atoms with E-state index in [1.807, 2.05) is 0 Å². The maximum atomic E-state index is 10.1. The molecule has 0 bridgehead atoms. The number of carbonyl (C=O) groups is 1. The molecule has 2 aliphatic carbocycles. The Balaban J connectivity index is 0.000000241. The van der Waals surface area contributed by atoms with Crippen LogP contribution >= 0.6 is 0 Å². The summed E-state index contributed by atoms with van der Waals surface area (Å²) in [4.78, 5) is 10.1. The van der Waals surface area contributed by atoms with Crippen molar-refractivity contribution < 1.29 is 9.90 Å². The average molecular weight is 328 g/mol. The Labute approximate surface area is 141 Å². The van der Waals surface area contributed by atoms with Crippen molar-refractivity contribution >= 4 is 5.97 Å². The Morgan fingerprint density at radius 3 is 1.83 bits per heavy atom. The summed E-state index contributed by atoms with van der Waals surface area (Å²) in [5, 5.41) is 12.2. The zero-order chi connectivity index (χ0) is 16.9. The molecule has 0 aliphatic heterocycles. The van der Waals surface area contributed by atoms with Gasteiger partial charge in [-0.2, -0.15) is 0 Å². The summed E-state index contributed by atoms with van der Waals surface area (Å²) >= 11 is 0. The fourth-order valence-electron chi connectivity index (χ4n) is 3.50. The van der Waals surface area contributed by atoms with Crippen molar-refractivity contribution in [1.29, 1.82) is 0 Å². The summed E-state index contributed by atoms with van der Waals surface area (Å²) in [5.41, 5.74) is 10.4. The van der Waals surface area contributed by atoms with Crippen molar-refractivity contribution in [1.82, 2.24) is 5.32 Å². The molecular weight excluding hydrogens is 290 g/mol. The molecule has 0 saturated heterocycles. The van der Waals surface area contributed by atoms with Crippen molar-refractivity contribution in [2.24, 2.45) is 11.5 Å². The van der Waals surface area contributed by atoms with Crippen LogP contribution in [0.2, 0.25) is 0 Å². The standard InChI is InChI=1S/C12H23N.C6H14N2O2/c1-3-7-11(8-4-1)13-12-9-5-2-6-10-12;7-4-2-1-3-5(8)6(9)10/h11-13H,1-10H2;5H,1-4,7-8H2,(H,9,10)/t;5-/m.0/s1. The van der Waals surface area contributed by atoms with Gasteiger partial charge in [0, 0.05) is 12.1 Å². The van der Waals surface area contributed by atoms with Crippen LogP contribution in [0.1, 0.15) is 83.5 Å². The topological polar surface area (TPSA) is 101 Å². The van der Waals surface area contributed by atoms with Gasteiger partial charge in [-0.3, -0.25) is 4.79 Å². The van der Waals surface area contributed by atoms with Crippen molar-refractivity contribution in [2.75, 3.05) is 6.54 Å². The van der Waals surface area contributed by atoms with Gasteiger partial charge in [-0.05, 0) is 45.1 Å². The maximum Gasteiger partial charge on any atom is 0.320 e. The second-order valence-electron chi connectivity index (χ2n) is 7.07. The third-order valence-electron chi connectivity index (χ3n) is 4.97. The SMILES string of the molecule is C1CCC(NC2CCCCC2)CC1.NCCCC[C@H](N)C(=O)O. The molecule has 136 valence electrons. The maximum absolute atomic E-state index is 10.1. The number of rotatable bonds is 7. The van der Waals surface area contributed by atoms with Crippen LogP contribution in [0, 0.1) is 0 Å². The zero-order valence-corrected chi connectivity index (χ0v) is 14.6. The van der Waals surface area contributed by atoms with Gasteiger partial charge >= 0.3 is 5.97 Å². The molecule has 0 aromatic heterocycles. The number of hydrogen-bond acceptors (Lipinski definition) is 4. The van der Waals surface area contributed by atoms with Gasteiger partial charge < -0.3 is 21.9 Å². The third-order valence-corrected chi connectivity index (χ3v) is 4.97. The van der Waals surface area contributed by atoms with E-state index in [-0.39, 0.29) is 0 Å². The van der Waals surface area contributed by atoms with E-state index in [0.717, 1.165) is 24.9 Å². The minimum absolute atomic E-state index is 0.520. The summed E-state index contributed by atoms with van der Waals surface area (Å²) in [6.07, 6.45) is 16.7. The highest BCUT2D eigenvalue weighted by molar-refractivity contribution is 5.72. The van der Waals surface area contributed by atoms with E-state index >= 15 is 0 Å². The Kier molecular flexibility index (Phi) is 11.3. The predicted molar refractivity (Wildman–Crippen MR) is 95.4 cm³/mol. The molecule has 2 rings (SSSR count). The number of unbranched alkanes of at least 4 members (excludes halogenated alkanes) is 1. The van der Waals surface area contributed by atoms with Gasteiger partial charge in [0.1, 0.15) is 6.04 Å². The van der Waals surface area contributed by atoms with Crippen molar-refractivity contribution in [3.63, 3.8) is 0 Å². The minimum Gasteiger partial charge on any atom is -0.480 e. The molecule has 23 heavy (non-hydrogen) atoms. The summed E-state index contributed by atoms with van der Waals surface area (Å²) < 4.78 is 0.